The molecule has 5 heteroatoms. The summed E-state index contributed by atoms with van der Waals surface area (Å²) in [6, 6.07) is 13.3. The van der Waals surface area contributed by atoms with Crippen LogP contribution >= 0.6 is 23.2 Å². The molecule has 3 N–H and O–H groups in total. The van der Waals surface area contributed by atoms with Crippen LogP contribution < -0.4 is 16.0 Å². The Morgan fingerprint density at radius 1 is 1.15 bits per heavy atom. The van der Waals surface area contributed by atoms with E-state index in [2.05, 4.69) is 5.43 Å². The van der Waals surface area contributed by atoms with Crippen molar-refractivity contribution in [2.24, 2.45) is 5.84 Å². The second-order valence-electron chi connectivity index (χ2n) is 4.44. The van der Waals surface area contributed by atoms with Gasteiger partial charge < -0.3 is 4.74 Å². The lowest BCUT2D eigenvalue weighted by Crippen LogP contribution is -2.29. The largest absolute Gasteiger partial charge is 0.495 e. The van der Waals surface area contributed by atoms with Crippen molar-refractivity contribution in [1.29, 1.82) is 0 Å². The van der Waals surface area contributed by atoms with Crippen LogP contribution in [0.25, 0.3) is 0 Å². The van der Waals surface area contributed by atoms with Crippen molar-refractivity contribution < 1.29 is 4.74 Å². The van der Waals surface area contributed by atoms with E-state index in [1.54, 1.807) is 7.11 Å². The van der Waals surface area contributed by atoms with Gasteiger partial charge in [0, 0.05) is 5.02 Å². The topological polar surface area (TPSA) is 47.3 Å². The molecule has 0 aromatic heterocycles. The Labute approximate surface area is 128 Å². The van der Waals surface area contributed by atoms with E-state index >= 15 is 0 Å². The molecule has 106 valence electrons. The van der Waals surface area contributed by atoms with Gasteiger partial charge >= 0.3 is 0 Å². The summed E-state index contributed by atoms with van der Waals surface area (Å²) >= 11 is 11.9. The number of hydrazine groups is 1. The summed E-state index contributed by atoms with van der Waals surface area (Å²) in [5, 5.41) is 1.30. The number of methoxy groups -OCH3 is 1. The number of rotatable bonds is 5. The molecule has 2 aromatic rings. The Morgan fingerprint density at radius 2 is 1.85 bits per heavy atom. The molecule has 0 spiro atoms. The summed E-state index contributed by atoms with van der Waals surface area (Å²) in [6.45, 7) is 0. The summed E-state index contributed by atoms with van der Waals surface area (Å²) in [4.78, 5) is 0. The maximum atomic E-state index is 6.03. The minimum absolute atomic E-state index is 0.0256. The zero-order valence-corrected chi connectivity index (χ0v) is 12.6. The molecule has 1 unspecified atom stereocenters. The van der Waals surface area contributed by atoms with Crippen molar-refractivity contribution in [3.8, 4) is 5.75 Å². The van der Waals surface area contributed by atoms with Gasteiger partial charge in [-0.05, 0) is 41.8 Å². The van der Waals surface area contributed by atoms with Gasteiger partial charge in [-0.25, -0.2) is 0 Å². The number of hydrogen-bond acceptors (Lipinski definition) is 3. The first-order valence-corrected chi connectivity index (χ1v) is 6.93. The van der Waals surface area contributed by atoms with E-state index in [4.69, 9.17) is 33.8 Å². The quantitative estimate of drug-likeness (QED) is 0.653. The van der Waals surface area contributed by atoms with Gasteiger partial charge in [0.05, 0.1) is 18.2 Å². The van der Waals surface area contributed by atoms with Gasteiger partial charge in [0.1, 0.15) is 5.75 Å². The maximum absolute atomic E-state index is 6.03. The molecule has 2 aromatic carbocycles. The average Bonchev–Trinajstić information content (AvgIpc) is 2.47. The second kappa shape index (κ2) is 6.95. The molecule has 0 fully saturated rings. The lowest BCUT2D eigenvalue weighted by Gasteiger charge is -2.17. The van der Waals surface area contributed by atoms with Gasteiger partial charge in [0.2, 0.25) is 0 Å². The van der Waals surface area contributed by atoms with Crippen molar-refractivity contribution in [3.05, 3.63) is 63.6 Å². The summed E-state index contributed by atoms with van der Waals surface area (Å²) in [5.41, 5.74) is 4.98. The number of benzene rings is 2. The van der Waals surface area contributed by atoms with E-state index in [0.29, 0.717) is 10.8 Å². The van der Waals surface area contributed by atoms with Crippen molar-refractivity contribution >= 4 is 23.2 Å². The highest BCUT2D eigenvalue weighted by Crippen LogP contribution is 2.29. The Bertz CT molecular complexity index is 573. The van der Waals surface area contributed by atoms with E-state index in [9.17, 15) is 0 Å². The van der Waals surface area contributed by atoms with Crippen LogP contribution in [0, 0.1) is 0 Å². The van der Waals surface area contributed by atoms with Crippen LogP contribution in [0.1, 0.15) is 17.2 Å². The van der Waals surface area contributed by atoms with Crippen molar-refractivity contribution in [2.45, 2.75) is 12.5 Å². The monoisotopic (exact) mass is 310 g/mol. The summed E-state index contributed by atoms with van der Waals surface area (Å²) < 4.78 is 5.23. The van der Waals surface area contributed by atoms with Crippen LogP contribution in [0.15, 0.2) is 42.5 Å². The third-order valence-electron chi connectivity index (χ3n) is 3.13. The average molecular weight is 311 g/mol. The molecule has 1 atom stereocenters. The molecular weight excluding hydrogens is 295 g/mol. The number of nitrogens with one attached hydrogen (secondary N) is 1. The summed E-state index contributed by atoms with van der Waals surface area (Å²) in [5.74, 6) is 6.30. The van der Waals surface area contributed by atoms with Crippen molar-refractivity contribution in [1.82, 2.24) is 5.43 Å². The highest BCUT2D eigenvalue weighted by atomic mass is 35.5. The van der Waals surface area contributed by atoms with E-state index in [1.165, 1.54) is 0 Å². The lowest BCUT2D eigenvalue weighted by molar-refractivity contribution is 0.413. The minimum Gasteiger partial charge on any atom is -0.495 e. The Morgan fingerprint density at radius 3 is 2.45 bits per heavy atom. The minimum atomic E-state index is -0.0256. The van der Waals surface area contributed by atoms with E-state index in [1.807, 2.05) is 42.5 Å². The molecule has 20 heavy (non-hydrogen) atoms. The molecule has 0 aliphatic carbocycles. The first-order valence-electron chi connectivity index (χ1n) is 6.18. The highest BCUT2D eigenvalue weighted by Gasteiger charge is 2.13. The Hall–Kier alpha value is -1.26. The van der Waals surface area contributed by atoms with Crippen LogP contribution in [-0.2, 0) is 6.42 Å². The van der Waals surface area contributed by atoms with E-state index < -0.39 is 0 Å². The normalized spacial score (nSPS) is 12.2. The summed E-state index contributed by atoms with van der Waals surface area (Å²) in [6.07, 6.45) is 0.748. The zero-order chi connectivity index (χ0) is 14.5. The third kappa shape index (κ3) is 3.64. The highest BCUT2D eigenvalue weighted by molar-refractivity contribution is 6.32. The van der Waals surface area contributed by atoms with E-state index in [-0.39, 0.29) is 6.04 Å². The third-order valence-corrected chi connectivity index (χ3v) is 3.70. The van der Waals surface area contributed by atoms with Gasteiger partial charge in [0.15, 0.2) is 0 Å². The van der Waals surface area contributed by atoms with Crippen LogP contribution in [0.4, 0.5) is 0 Å². The molecule has 0 amide bonds. The lowest BCUT2D eigenvalue weighted by atomic mass is 9.99. The number of ether oxygens (including phenoxy) is 1. The van der Waals surface area contributed by atoms with E-state index in [0.717, 1.165) is 22.6 Å². The fraction of sp³-hybridized carbons (Fsp3) is 0.200. The molecule has 3 nitrogen and oxygen atoms in total. The molecular formula is C15H16Cl2N2O. The molecule has 0 bridgehead atoms. The predicted octanol–water partition coefficient (Wildman–Crippen LogP) is 3.75. The van der Waals surface area contributed by atoms with Gasteiger partial charge in [-0.1, -0.05) is 41.4 Å². The van der Waals surface area contributed by atoms with Gasteiger partial charge in [0.25, 0.3) is 0 Å². The molecule has 0 aliphatic rings. The SMILES string of the molecule is COc1cc(C(Cc2ccc(Cl)cc2)NN)ccc1Cl. The van der Waals surface area contributed by atoms with Gasteiger partial charge in [-0.3, -0.25) is 11.3 Å². The summed E-state index contributed by atoms with van der Waals surface area (Å²) in [7, 11) is 1.59. The van der Waals surface area contributed by atoms with Crippen LogP contribution in [0.3, 0.4) is 0 Å². The molecule has 0 saturated heterocycles. The molecule has 0 heterocycles. The smallest absolute Gasteiger partial charge is 0.137 e. The van der Waals surface area contributed by atoms with Gasteiger partial charge in [-0.15, -0.1) is 0 Å². The number of hydrogen-bond donors (Lipinski definition) is 2. The number of nitrogens with two attached hydrogens (primary N) is 1. The van der Waals surface area contributed by atoms with Crippen molar-refractivity contribution in [2.75, 3.05) is 7.11 Å². The van der Waals surface area contributed by atoms with Gasteiger partial charge in [-0.2, -0.15) is 0 Å². The fourth-order valence-electron chi connectivity index (χ4n) is 2.02. The van der Waals surface area contributed by atoms with Crippen molar-refractivity contribution in [3.63, 3.8) is 0 Å². The fourth-order valence-corrected chi connectivity index (χ4v) is 2.34. The Balaban J connectivity index is 2.21. The molecule has 0 aliphatic heterocycles. The standard InChI is InChI=1S/C15H16Cl2N2O/c1-20-15-9-11(4-7-13(15)17)14(19-18)8-10-2-5-12(16)6-3-10/h2-7,9,14,19H,8,18H2,1H3. The second-order valence-corrected chi connectivity index (χ2v) is 5.29. The molecule has 0 radical (unpaired) electrons. The first-order chi connectivity index (χ1) is 9.63. The molecule has 0 saturated carbocycles. The first kappa shape index (κ1) is 15.1. The van der Waals surface area contributed by atoms with Crippen LogP contribution in [-0.4, -0.2) is 7.11 Å². The Kier molecular flexibility index (Phi) is 5.26. The van der Waals surface area contributed by atoms with Crippen LogP contribution in [0.5, 0.6) is 5.75 Å². The predicted molar refractivity (Wildman–Crippen MR) is 83.2 cm³/mol. The zero-order valence-electron chi connectivity index (χ0n) is 11.1. The maximum Gasteiger partial charge on any atom is 0.137 e. The molecule has 2 rings (SSSR count). The van der Waals surface area contributed by atoms with Crippen LogP contribution in [0.2, 0.25) is 10.0 Å². The number of halogens is 2.